The minimum absolute atomic E-state index is 0.0546. The van der Waals surface area contributed by atoms with Gasteiger partial charge in [-0.1, -0.05) is 24.3 Å². The molecule has 0 aromatic heterocycles. The number of amides is 4. The summed E-state index contributed by atoms with van der Waals surface area (Å²) in [5, 5.41) is 3.28. The molecule has 0 saturated carbocycles. The normalized spacial score (nSPS) is 23.2. The Morgan fingerprint density at radius 3 is 2.85 bits per heavy atom. The molecule has 176 valence electrons. The van der Waals surface area contributed by atoms with Crippen LogP contribution in [0.2, 0.25) is 0 Å². The molecule has 2 saturated heterocycles. The number of hydrogen-bond acceptors (Lipinski definition) is 6. The number of benzene rings is 2. The van der Waals surface area contributed by atoms with Gasteiger partial charge >= 0.3 is 6.03 Å². The van der Waals surface area contributed by atoms with Gasteiger partial charge in [0.15, 0.2) is 11.5 Å². The maximum atomic E-state index is 13.6. The lowest BCUT2D eigenvalue weighted by molar-refractivity contribution is -0.138. The van der Waals surface area contributed by atoms with Crippen LogP contribution in [0.1, 0.15) is 24.0 Å². The number of carbonyl (C=O) groups excluding carboxylic acids is 3. The van der Waals surface area contributed by atoms with Crippen LogP contribution in [0.4, 0.5) is 10.5 Å². The van der Waals surface area contributed by atoms with Crippen molar-refractivity contribution in [2.45, 2.75) is 37.9 Å². The topological polar surface area (TPSA) is 91.4 Å². The lowest BCUT2D eigenvalue weighted by atomic mass is 9.93. The minimum Gasteiger partial charge on any atom is -0.454 e. The van der Waals surface area contributed by atoms with Crippen LogP contribution in [0.5, 0.6) is 11.5 Å². The summed E-state index contributed by atoms with van der Waals surface area (Å²) < 4.78 is 10.8. The van der Waals surface area contributed by atoms with Crippen molar-refractivity contribution >= 4 is 23.5 Å². The van der Waals surface area contributed by atoms with E-state index in [9.17, 15) is 14.4 Å². The van der Waals surface area contributed by atoms with Crippen LogP contribution in [0.3, 0.4) is 0 Å². The highest BCUT2D eigenvalue weighted by atomic mass is 16.7. The number of hydrogen-bond donors (Lipinski definition) is 1. The molecule has 0 aliphatic carbocycles. The number of carbonyl (C=O) groups is 3. The Morgan fingerprint density at radius 1 is 1.09 bits per heavy atom. The predicted octanol–water partition coefficient (Wildman–Crippen LogP) is 1.89. The highest BCUT2D eigenvalue weighted by Crippen LogP contribution is 2.34. The summed E-state index contributed by atoms with van der Waals surface area (Å²) in [5.74, 6) is 0.873. The molecular weight excluding hydrogens is 436 g/mol. The lowest BCUT2D eigenvalue weighted by Gasteiger charge is -2.47. The number of nitrogens with zero attached hydrogens (tertiary/aromatic N) is 3. The molecule has 2 fully saturated rings. The predicted molar refractivity (Wildman–Crippen MR) is 123 cm³/mol. The molecule has 0 bridgehead atoms. The van der Waals surface area contributed by atoms with Crippen molar-refractivity contribution in [3.8, 4) is 11.5 Å². The third-order valence-corrected chi connectivity index (χ3v) is 7.11. The Hall–Kier alpha value is -3.59. The zero-order valence-electron chi connectivity index (χ0n) is 18.7. The van der Waals surface area contributed by atoms with Crippen LogP contribution in [0, 0.1) is 0 Å². The summed E-state index contributed by atoms with van der Waals surface area (Å²) in [4.78, 5) is 44.9. The molecule has 2 unspecified atom stereocenters. The van der Waals surface area contributed by atoms with Gasteiger partial charge in [0.1, 0.15) is 12.6 Å². The van der Waals surface area contributed by atoms with Gasteiger partial charge in [0.2, 0.25) is 18.6 Å². The summed E-state index contributed by atoms with van der Waals surface area (Å²) in [6.45, 7) is 1.52. The Balaban J connectivity index is 1.25. The molecule has 1 N–H and O–H groups in total. The van der Waals surface area contributed by atoms with Gasteiger partial charge in [-0.2, -0.15) is 0 Å². The van der Waals surface area contributed by atoms with Crippen molar-refractivity contribution in [1.29, 1.82) is 0 Å². The zero-order chi connectivity index (χ0) is 23.2. The Labute approximate surface area is 197 Å². The van der Waals surface area contributed by atoms with Crippen LogP contribution in [-0.4, -0.2) is 66.2 Å². The largest absolute Gasteiger partial charge is 0.454 e. The average molecular weight is 463 g/mol. The molecule has 9 heteroatoms. The molecule has 4 aliphatic heterocycles. The van der Waals surface area contributed by atoms with Gasteiger partial charge < -0.3 is 24.6 Å². The Kier molecular flexibility index (Phi) is 5.13. The lowest BCUT2D eigenvalue weighted by Crippen LogP contribution is -2.70. The van der Waals surface area contributed by atoms with E-state index in [0.717, 1.165) is 29.7 Å². The van der Waals surface area contributed by atoms with E-state index in [1.807, 2.05) is 30.3 Å². The fourth-order valence-corrected chi connectivity index (χ4v) is 5.40. The van der Waals surface area contributed by atoms with E-state index in [0.29, 0.717) is 31.0 Å². The third kappa shape index (κ3) is 3.47. The summed E-state index contributed by atoms with van der Waals surface area (Å²) in [6, 6.07) is 12.0. The first-order valence-corrected chi connectivity index (χ1v) is 11.7. The van der Waals surface area contributed by atoms with E-state index >= 15 is 0 Å². The first-order valence-electron chi connectivity index (χ1n) is 11.7. The van der Waals surface area contributed by atoms with Crippen LogP contribution < -0.4 is 19.7 Å². The molecule has 4 heterocycles. The molecule has 2 aromatic carbocycles. The highest BCUT2D eigenvalue weighted by molar-refractivity contribution is 6.03. The fraction of sp³-hybridized carbons (Fsp3) is 0.400. The van der Waals surface area contributed by atoms with Crippen molar-refractivity contribution in [3.63, 3.8) is 0 Å². The second-order valence-electron chi connectivity index (χ2n) is 9.09. The fourth-order valence-electron chi connectivity index (χ4n) is 5.40. The summed E-state index contributed by atoms with van der Waals surface area (Å²) >= 11 is 0. The molecule has 6 rings (SSSR count). The van der Waals surface area contributed by atoms with Crippen molar-refractivity contribution in [2.75, 3.05) is 31.3 Å². The van der Waals surface area contributed by atoms with Gasteiger partial charge in [-0.3, -0.25) is 14.5 Å². The van der Waals surface area contributed by atoms with Crippen molar-refractivity contribution in [3.05, 3.63) is 53.6 Å². The van der Waals surface area contributed by atoms with Gasteiger partial charge in [-0.25, -0.2) is 4.79 Å². The zero-order valence-corrected chi connectivity index (χ0v) is 18.7. The molecular formula is C25H26N4O5. The van der Waals surface area contributed by atoms with Gasteiger partial charge in [-0.15, -0.1) is 0 Å². The summed E-state index contributed by atoms with van der Waals surface area (Å²) in [7, 11) is 0. The first kappa shape index (κ1) is 21.0. The van der Waals surface area contributed by atoms with Crippen LogP contribution in [-0.2, 0) is 22.6 Å². The average Bonchev–Trinajstić information content (AvgIpc) is 3.51. The highest BCUT2D eigenvalue weighted by Gasteiger charge is 2.48. The van der Waals surface area contributed by atoms with E-state index in [-0.39, 0.29) is 37.7 Å². The number of ether oxygens (including phenoxy) is 2. The van der Waals surface area contributed by atoms with E-state index in [1.54, 1.807) is 21.9 Å². The second-order valence-corrected chi connectivity index (χ2v) is 9.09. The second kappa shape index (κ2) is 8.32. The van der Waals surface area contributed by atoms with Gasteiger partial charge in [-0.05, 0) is 55.1 Å². The first-order chi connectivity index (χ1) is 16.6. The number of fused-ring (bicyclic) bond motifs is 3. The number of nitrogens with one attached hydrogen (secondary N) is 1. The standard InChI is InChI=1S/C25H26N4O5/c30-22(27-11-9-17-4-1-2-5-18(17)27)14-28-19-6-3-10-26-23(19)24(31)29(25(28)32)13-16-7-8-20-21(12-16)34-15-33-20/h1-2,4-5,7-8,12,19,23,26H,3,6,9-11,13-15H2. The van der Waals surface area contributed by atoms with Crippen LogP contribution in [0.15, 0.2) is 42.5 Å². The third-order valence-electron chi connectivity index (χ3n) is 7.11. The van der Waals surface area contributed by atoms with Crippen molar-refractivity contribution in [2.24, 2.45) is 0 Å². The molecule has 2 aromatic rings. The molecule has 4 amide bonds. The van der Waals surface area contributed by atoms with E-state index < -0.39 is 12.1 Å². The van der Waals surface area contributed by atoms with E-state index in [1.165, 1.54) is 4.90 Å². The van der Waals surface area contributed by atoms with Crippen molar-refractivity contribution in [1.82, 2.24) is 15.1 Å². The monoisotopic (exact) mass is 462 g/mol. The number of para-hydroxylation sites is 1. The Bertz CT molecular complexity index is 1170. The Morgan fingerprint density at radius 2 is 1.94 bits per heavy atom. The number of urea groups is 1. The smallest absolute Gasteiger partial charge is 0.327 e. The van der Waals surface area contributed by atoms with Crippen LogP contribution >= 0.6 is 0 Å². The number of piperidine rings is 1. The van der Waals surface area contributed by atoms with E-state index in [2.05, 4.69) is 5.32 Å². The summed E-state index contributed by atoms with van der Waals surface area (Å²) in [5.41, 5.74) is 2.81. The molecule has 0 spiro atoms. The maximum Gasteiger partial charge on any atom is 0.327 e. The molecule has 4 aliphatic rings. The molecule has 9 nitrogen and oxygen atoms in total. The quantitative estimate of drug-likeness (QED) is 0.746. The molecule has 0 radical (unpaired) electrons. The number of rotatable bonds is 4. The molecule has 2 atom stereocenters. The van der Waals surface area contributed by atoms with Gasteiger partial charge in [0.05, 0.1) is 12.6 Å². The van der Waals surface area contributed by atoms with E-state index in [4.69, 9.17) is 9.47 Å². The summed E-state index contributed by atoms with van der Waals surface area (Å²) in [6.07, 6.45) is 2.34. The number of imide groups is 1. The number of anilines is 1. The van der Waals surface area contributed by atoms with Gasteiger partial charge in [0, 0.05) is 12.2 Å². The SMILES string of the molecule is O=C1C2NCCCC2N(CC(=O)N2CCc3ccccc32)C(=O)N1Cc1ccc2c(c1)OCO2. The molecule has 34 heavy (non-hydrogen) atoms. The van der Waals surface area contributed by atoms with Gasteiger partial charge in [0.25, 0.3) is 0 Å². The maximum absolute atomic E-state index is 13.6. The van der Waals surface area contributed by atoms with Crippen molar-refractivity contribution < 1.29 is 23.9 Å². The van der Waals surface area contributed by atoms with Crippen LogP contribution in [0.25, 0.3) is 0 Å². The minimum atomic E-state index is -0.515.